The van der Waals surface area contributed by atoms with Crippen molar-refractivity contribution in [3.8, 4) is 0 Å². The van der Waals surface area contributed by atoms with Crippen molar-refractivity contribution in [2.75, 3.05) is 31.1 Å². The normalized spacial score (nSPS) is 24.8. The van der Waals surface area contributed by atoms with E-state index in [1.54, 1.807) is 0 Å². The number of anilines is 1. The van der Waals surface area contributed by atoms with Crippen LogP contribution < -0.4 is 10.6 Å². The Morgan fingerprint density at radius 3 is 2.76 bits per heavy atom. The number of likely N-dealkylation sites (tertiary alicyclic amines) is 1. The Balaban J connectivity index is 1.74. The summed E-state index contributed by atoms with van der Waals surface area (Å²) in [5.41, 5.74) is 7.89. The number of carbonyl (C=O) groups is 2. The summed E-state index contributed by atoms with van der Waals surface area (Å²) in [5.74, 6) is 0.747. The standard InChI is InChI=1S/C20H29N3O2/c1-3-14(2)17-6-4-5-7-18(17)23-13-16(10-19(23)24)20(25)22-9-8-15(11-21)12-22/h4-7,14-16H,3,8-13,21H2,1-2H3. The first-order valence-electron chi connectivity index (χ1n) is 9.43. The topological polar surface area (TPSA) is 66.6 Å². The minimum atomic E-state index is -0.228. The number of nitrogens with two attached hydrogens (primary N) is 1. The molecule has 25 heavy (non-hydrogen) atoms. The number of amides is 2. The predicted molar refractivity (Wildman–Crippen MR) is 99.3 cm³/mol. The molecule has 2 N–H and O–H groups in total. The maximum atomic E-state index is 12.8. The molecule has 2 saturated heterocycles. The second-order valence-electron chi connectivity index (χ2n) is 7.45. The molecule has 0 spiro atoms. The lowest BCUT2D eigenvalue weighted by Crippen LogP contribution is -2.36. The maximum absolute atomic E-state index is 12.8. The van der Waals surface area contributed by atoms with Gasteiger partial charge in [-0.15, -0.1) is 0 Å². The van der Waals surface area contributed by atoms with Gasteiger partial charge in [-0.05, 0) is 42.9 Å². The van der Waals surface area contributed by atoms with Crippen molar-refractivity contribution in [2.45, 2.75) is 39.0 Å². The van der Waals surface area contributed by atoms with Gasteiger partial charge in [0.25, 0.3) is 0 Å². The highest BCUT2D eigenvalue weighted by molar-refractivity contribution is 6.01. The van der Waals surface area contributed by atoms with Crippen molar-refractivity contribution in [3.63, 3.8) is 0 Å². The van der Waals surface area contributed by atoms with Crippen LogP contribution in [0.25, 0.3) is 0 Å². The minimum Gasteiger partial charge on any atom is -0.342 e. The van der Waals surface area contributed by atoms with E-state index in [-0.39, 0.29) is 17.7 Å². The van der Waals surface area contributed by atoms with Gasteiger partial charge < -0.3 is 15.5 Å². The van der Waals surface area contributed by atoms with Crippen molar-refractivity contribution in [1.82, 2.24) is 4.90 Å². The molecule has 0 radical (unpaired) electrons. The molecule has 2 amide bonds. The summed E-state index contributed by atoms with van der Waals surface area (Å²) in [7, 11) is 0. The van der Waals surface area contributed by atoms with Crippen LogP contribution in [0.3, 0.4) is 0 Å². The molecule has 0 aromatic heterocycles. The van der Waals surface area contributed by atoms with Gasteiger partial charge in [-0.25, -0.2) is 0 Å². The van der Waals surface area contributed by atoms with E-state index >= 15 is 0 Å². The number of hydrogen-bond acceptors (Lipinski definition) is 3. The van der Waals surface area contributed by atoms with Crippen LogP contribution in [0.1, 0.15) is 44.6 Å². The number of rotatable bonds is 5. The lowest BCUT2D eigenvalue weighted by atomic mass is 9.96. The molecule has 2 aliphatic rings. The van der Waals surface area contributed by atoms with Crippen LogP contribution in [-0.4, -0.2) is 42.9 Å². The van der Waals surface area contributed by atoms with E-state index in [9.17, 15) is 9.59 Å². The average Bonchev–Trinajstić information content (AvgIpc) is 3.27. The van der Waals surface area contributed by atoms with Gasteiger partial charge >= 0.3 is 0 Å². The van der Waals surface area contributed by atoms with Gasteiger partial charge in [0.05, 0.1) is 5.92 Å². The molecular weight excluding hydrogens is 314 g/mol. The number of nitrogens with zero attached hydrogens (tertiary/aromatic N) is 2. The Kier molecular flexibility index (Phi) is 5.42. The summed E-state index contributed by atoms with van der Waals surface area (Å²) in [6.07, 6.45) is 2.32. The van der Waals surface area contributed by atoms with Crippen molar-refractivity contribution >= 4 is 17.5 Å². The van der Waals surface area contributed by atoms with Crippen molar-refractivity contribution in [1.29, 1.82) is 0 Å². The molecule has 0 saturated carbocycles. The zero-order chi connectivity index (χ0) is 18.0. The smallest absolute Gasteiger partial charge is 0.228 e. The van der Waals surface area contributed by atoms with Crippen LogP contribution in [-0.2, 0) is 9.59 Å². The average molecular weight is 343 g/mol. The molecule has 136 valence electrons. The molecule has 3 unspecified atom stereocenters. The first kappa shape index (κ1) is 17.9. The largest absolute Gasteiger partial charge is 0.342 e. The van der Waals surface area contributed by atoms with Gasteiger partial charge in [0, 0.05) is 31.7 Å². The van der Waals surface area contributed by atoms with E-state index in [1.165, 1.54) is 5.56 Å². The molecule has 2 fully saturated rings. The highest BCUT2D eigenvalue weighted by atomic mass is 16.2. The van der Waals surface area contributed by atoms with Crippen LogP contribution >= 0.6 is 0 Å². The summed E-state index contributed by atoms with van der Waals surface area (Å²) < 4.78 is 0. The zero-order valence-electron chi connectivity index (χ0n) is 15.3. The summed E-state index contributed by atoms with van der Waals surface area (Å²) in [5, 5.41) is 0. The summed E-state index contributed by atoms with van der Waals surface area (Å²) in [4.78, 5) is 29.2. The zero-order valence-corrected chi connectivity index (χ0v) is 15.3. The Morgan fingerprint density at radius 1 is 1.32 bits per heavy atom. The van der Waals surface area contributed by atoms with Crippen LogP contribution in [0.15, 0.2) is 24.3 Å². The Labute approximate surface area is 150 Å². The molecule has 5 nitrogen and oxygen atoms in total. The van der Waals surface area contributed by atoms with Gasteiger partial charge in [0.1, 0.15) is 0 Å². The molecule has 5 heteroatoms. The second kappa shape index (κ2) is 7.56. The third-order valence-electron chi connectivity index (χ3n) is 5.78. The number of benzene rings is 1. The van der Waals surface area contributed by atoms with Crippen LogP contribution in [0, 0.1) is 11.8 Å². The Bertz CT molecular complexity index is 646. The van der Waals surface area contributed by atoms with Crippen molar-refractivity contribution in [2.24, 2.45) is 17.6 Å². The van der Waals surface area contributed by atoms with E-state index in [1.807, 2.05) is 28.0 Å². The van der Waals surface area contributed by atoms with Gasteiger partial charge in [-0.2, -0.15) is 0 Å². The van der Waals surface area contributed by atoms with E-state index in [0.717, 1.165) is 31.6 Å². The summed E-state index contributed by atoms with van der Waals surface area (Å²) in [6.45, 7) is 6.97. The molecule has 0 aliphatic carbocycles. The molecule has 2 aliphatic heterocycles. The molecule has 1 aromatic carbocycles. The summed E-state index contributed by atoms with van der Waals surface area (Å²) >= 11 is 0. The monoisotopic (exact) mass is 343 g/mol. The third-order valence-corrected chi connectivity index (χ3v) is 5.78. The molecule has 2 heterocycles. The fraction of sp³-hybridized carbons (Fsp3) is 0.600. The fourth-order valence-corrected chi connectivity index (χ4v) is 3.96. The van der Waals surface area contributed by atoms with Gasteiger partial charge in [0.15, 0.2) is 0 Å². The van der Waals surface area contributed by atoms with E-state index in [0.29, 0.717) is 31.3 Å². The van der Waals surface area contributed by atoms with Crippen molar-refractivity contribution < 1.29 is 9.59 Å². The number of carbonyl (C=O) groups excluding carboxylic acids is 2. The predicted octanol–water partition coefficient (Wildman–Crippen LogP) is 2.36. The maximum Gasteiger partial charge on any atom is 0.228 e. The fourth-order valence-electron chi connectivity index (χ4n) is 3.96. The number of para-hydroxylation sites is 1. The van der Waals surface area contributed by atoms with Crippen LogP contribution in [0.2, 0.25) is 0 Å². The molecule has 3 rings (SSSR count). The molecule has 3 atom stereocenters. The third kappa shape index (κ3) is 3.56. The van der Waals surface area contributed by atoms with E-state index in [4.69, 9.17) is 5.73 Å². The Morgan fingerprint density at radius 2 is 2.08 bits per heavy atom. The molecular formula is C20H29N3O2. The first-order chi connectivity index (χ1) is 12.0. The van der Waals surface area contributed by atoms with E-state index < -0.39 is 0 Å². The lowest BCUT2D eigenvalue weighted by molar-refractivity contribution is -0.134. The van der Waals surface area contributed by atoms with Gasteiger partial charge in [0.2, 0.25) is 11.8 Å². The quantitative estimate of drug-likeness (QED) is 0.892. The highest BCUT2D eigenvalue weighted by Gasteiger charge is 2.39. The minimum absolute atomic E-state index is 0.0590. The van der Waals surface area contributed by atoms with Crippen LogP contribution in [0.5, 0.6) is 0 Å². The Hall–Kier alpha value is -1.88. The van der Waals surface area contributed by atoms with Crippen LogP contribution in [0.4, 0.5) is 5.69 Å². The molecule has 0 bridgehead atoms. The lowest BCUT2D eigenvalue weighted by Gasteiger charge is -2.24. The number of hydrogen-bond donors (Lipinski definition) is 1. The van der Waals surface area contributed by atoms with Crippen molar-refractivity contribution in [3.05, 3.63) is 29.8 Å². The van der Waals surface area contributed by atoms with Gasteiger partial charge in [-0.3, -0.25) is 9.59 Å². The SMILES string of the molecule is CCC(C)c1ccccc1N1CC(C(=O)N2CCC(CN)C2)CC1=O. The van der Waals surface area contributed by atoms with Gasteiger partial charge in [-0.1, -0.05) is 32.0 Å². The molecule has 1 aromatic rings. The van der Waals surface area contributed by atoms with E-state index in [2.05, 4.69) is 19.9 Å². The second-order valence-corrected chi connectivity index (χ2v) is 7.45. The first-order valence-corrected chi connectivity index (χ1v) is 9.43. The summed E-state index contributed by atoms with van der Waals surface area (Å²) in [6, 6.07) is 8.09. The highest BCUT2D eigenvalue weighted by Crippen LogP contribution is 2.34.